The lowest BCUT2D eigenvalue weighted by Crippen LogP contribution is -2.33. The van der Waals surface area contributed by atoms with Gasteiger partial charge in [0.1, 0.15) is 5.75 Å². The van der Waals surface area contributed by atoms with E-state index in [9.17, 15) is 0 Å². The average molecular weight is 275 g/mol. The van der Waals surface area contributed by atoms with Gasteiger partial charge in [0.25, 0.3) is 0 Å². The lowest BCUT2D eigenvalue weighted by molar-refractivity contribution is 0.172. The van der Waals surface area contributed by atoms with E-state index < -0.39 is 0 Å². The van der Waals surface area contributed by atoms with Crippen LogP contribution >= 0.6 is 0 Å². The first-order valence-corrected chi connectivity index (χ1v) is 8.05. The minimum Gasteiger partial charge on any atom is -0.496 e. The van der Waals surface area contributed by atoms with E-state index in [1.54, 1.807) is 7.11 Å². The van der Waals surface area contributed by atoms with E-state index in [-0.39, 0.29) is 0 Å². The molecule has 1 aromatic rings. The number of nitrogens with one attached hydrogen (secondary N) is 1. The van der Waals surface area contributed by atoms with E-state index >= 15 is 0 Å². The van der Waals surface area contributed by atoms with Gasteiger partial charge in [-0.1, -0.05) is 38.0 Å². The van der Waals surface area contributed by atoms with Crippen LogP contribution in [0.3, 0.4) is 0 Å². The summed E-state index contributed by atoms with van der Waals surface area (Å²) in [5, 5.41) is 3.38. The predicted molar refractivity (Wildman–Crippen MR) is 85.2 cm³/mol. The quantitative estimate of drug-likeness (QED) is 0.850. The molecule has 0 heterocycles. The molecule has 20 heavy (non-hydrogen) atoms. The summed E-state index contributed by atoms with van der Waals surface area (Å²) < 4.78 is 5.52. The van der Waals surface area contributed by atoms with Crippen LogP contribution in [-0.4, -0.2) is 20.7 Å². The molecule has 3 atom stereocenters. The van der Waals surface area contributed by atoms with Crippen LogP contribution in [0.1, 0.15) is 38.2 Å². The number of benzene rings is 1. The fourth-order valence-corrected chi connectivity index (χ4v) is 3.73. The number of hydrogen-bond donors (Lipinski definition) is 1. The highest BCUT2D eigenvalue weighted by atomic mass is 16.5. The second kappa shape index (κ2) is 7.68. The molecule has 1 fully saturated rings. The Balaban J connectivity index is 2.09. The van der Waals surface area contributed by atoms with Crippen LogP contribution in [0.2, 0.25) is 0 Å². The molecule has 0 radical (unpaired) electrons. The van der Waals surface area contributed by atoms with Gasteiger partial charge < -0.3 is 10.1 Å². The second-order valence-electron chi connectivity index (χ2n) is 6.18. The Bertz CT molecular complexity index is 404. The molecule has 0 amide bonds. The van der Waals surface area contributed by atoms with Gasteiger partial charge in [0.2, 0.25) is 0 Å². The monoisotopic (exact) mass is 275 g/mol. The molecule has 112 valence electrons. The van der Waals surface area contributed by atoms with Gasteiger partial charge >= 0.3 is 0 Å². The summed E-state index contributed by atoms with van der Waals surface area (Å²) in [6.07, 6.45) is 6.65. The molecule has 2 heteroatoms. The molecule has 1 aromatic carbocycles. The molecule has 0 aromatic heterocycles. The number of para-hydroxylation sites is 1. The highest BCUT2D eigenvalue weighted by molar-refractivity contribution is 5.33. The van der Waals surface area contributed by atoms with E-state index in [4.69, 9.17) is 4.74 Å². The summed E-state index contributed by atoms with van der Waals surface area (Å²) in [5.74, 6) is 3.57. The lowest BCUT2D eigenvalue weighted by Gasteiger charge is -2.36. The molecule has 2 nitrogen and oxygen atoms in total. The first kappa shape index (κ1) is 15.4. The molecule has 2 rings (SSSR count). The van der Waals surface area contributed by atoms with E-state index in [0.29, 0.717) is 0 Å². The molecular weight excluding hydrogens is 246 g/mol. The van der Waals surface area contributed by atoms with E-state index in [1.165, 1.54) is 31.2 Å². The predicted octanol–water partition coefficient (Wildman–Crippen LogP) is 3.90. The van der Waals surface area contributed by atoms with Crippen molar-refractivity contribution in [2.24, 2.45) is 17.8 Å². The summed E-state index contributed by atoms with van der Waals surface area (Å²) in [6.45, 7) is 3.49. The van der Waals surface area contributed by atoms with Gasteiger partial charge in [-0.3, -0.25) is 0 Å². The number of methoxy groups -OCH3 is 1. The third-order valence-electron chi connectivity index (χ3n) is 4.97. The maximum absolute atomic E-state index is 5.52. The van der Waals surface area contributed by atoms with Crippen molar-refractivity contribution in [1.29, 1.82) is 0 Å². The van der Waals surface area contributed by atoms with E-state index in [2.05, 4.69) is 43.6 Å². The van der Waals surface area contributed by atoms with Gasteiger partial charge in [-0.15, -0.1) is 0 Å². The molecule has 0 aliphatic heterocycles. The third kappa shape index (κ3) is 3.76. The SMILES string of the molecule is CCC1CCC(CNC)C(Cc2ccccc2OC)C1. The molecule has 0 bridgehead atoms. The van der Waals surface area contributed by atoms with Crippen molar-refractivity contribution in [1.82, 2.24) is 5.32 Å². The van der Waals surface area contributed by atoms with Crippen molar-refractivity contribution in [3.8, 4) is 5.75 Å². The van der Waals surface area contributed by atoms with Crippen LogP contribution < -0.4 is 10.1 Å². The third-order valence-corrected chi connectivity index (χ3v) is 4.97. The second-order valence-corrected chi connectivity index (χ2v) is 6.18. The van der Waals surface area contributed by atoms with Crippen LogP contribution in [-0.2, 0) is 6.42 Å². The molecule has 3 unspecified atom stereocenters. The molecule has 0 spiro atoms. The van der Waals surface area contributed by atoms with Gasteiger partial charge in [-0.25, -0.2) is 0 Å². The Kier molecular flexibility index (Phi) is 5.90. The Labute approximate surface area is 123 Å². The number of hydrogen-bond acceptors (Lipinski definition) is 2. The zero-order valence-corrected chi connectivity index (χ0v) is 13.2. The topological polar surface area (TPSA) is 21.3 Å². The zero-order chi connectivity index (χ0) is 14.4. The minimum atomic E-state index is 0.789. The molecule has 1 saturated carbocycles. The summed E-state index contributed by atoms with van der Waals surface area (Å²) in [7, 11) is 3.85. The summed E-state index contributed by atoms with van der Waals surface area (Å²) in [4.78, 5) is 0. The minimum absolute atomic E-state index is 0.789. The van der Waals surface area contributed by atoms with Crippen molar-refractivity contribution >= 4 is 0 Å². The molecule has 0 saturated heterocycles. The smallest absolute Gasteiger partial charge is 0.122 e. The van der Waals surface area contributed by atoms with Crippen molar-refractivity contribution in [2.75, 3.05) is 20.7 Å². The summed E-state index contributed by atoms with van der Waals surface area (Å²) >= 11 is 0. The zero-order valence-electron chi connectivity index (χ0n) is 13.2. The van der Waals surface area contributed by atoms with Gasteiger partial charge in [0.15, 0.2) is 0 Å². The maximum Gasteiger partial charge on any atom is 0.122 e. The van der Waals surface area contributed by atoms with Gasteiger partial charge in [0, 0.05) is 0 Å². The van der Waals surface area contributed by atoms with Crippen LogP contribution in [0.4, 0.5) is 0 Å². The first-order chi connectivity index (χ1) is 9.78. The van der Waals surface area contributed by atoms with Crippen molar-refractivity contribution in [2.45, 2.75) is 39.0 Å². The fraction of sp³-hybridized carbons (Fsp3) is 0.667. The Morgan fingerprint density at radius 1 is 1.20 bits per heavy atom. The van der Waals surface area contributed by atoms with Gasteiger partial charge in [-0.05, 0) is 62.2 Å². The highest BCUT2D eigenvalue weighted by Gasteiger charge is 2.29. The summed E-state index contributed by atoms with van der Waals surface area (Å²) in [6, 6.07) is 8.50. The van der Waals surface area contributed by atoms with Gasteiger partial charge in [0.05, 0.1) is 7.11 Å². The standard InChI is InChI=1S/C18H29NO/c1-4-14-9-10-16(13-19-2)17(11-14)12-15-7-5-6-8-18(15)20-3/h5-8,14,16-17,19H,4,9-13H2,1-3H3. The van der Waals surface area contributed by atoms with Crippen molar-refractivity contribution in [3.63, 3.8) is 0 Å². The van der Waals surface area contributed by atoms with Crippen LogP contribution in [0, 0.1) is 17.8 Å². The van der Waals surface area contributed by atoms with E-state index in [1.807, 2.05) is 0 Å². The van der Waals surface area contributed by atoms with Crippen molar-refractivity contribution in [3.05, 3.63) is 29.8 Å². The number of ether oxygens (including phenoxy) is 1. The van der Waals surface area contributed by atoms with Crippen LogP contribution in [0.25, 0.3) is 0 Å². The normalized spacial score (nSPS) is 26.4. The average Bonchev–Trinajstić information content (AvgIpc) is 2.49. The molecular formula is C18H29NO. The number of rotatable bonds is 6. The fourth-order valence-electron chi connectivity index (χ4n) is 3.73. The molecule has 1 aliphatic rings. The highest BCUT2D eigenvalue weighted by Crippen LogP contribution is 2.38. The summed E-state index contributed by atoms with van der Waals surface area (Å²) in [5.41, 5.74) is 1.37. The van der Waals surface area contributed by atoms with E-state index in [0.717, 1.165) is 36.5 Å². The Morgan fingerprint density at radius 2 is 2.00 bits per heavy atom. The first-order valence-electron chi connectivity index (χ1n) is 8.05. The Hall–Kier alpha value is -1.02. The van der Waals surface area contributed by atoms with Gasteiger partial charge in [-0.2, -0.15) is 0 Å². The van der Waals surface area contributed by atoms with Crippen LogP contribution in [0.5, 0.6) is 5.75 Å². The van der Waals surface area contributed by atoms with Crippen LogP contribution in [0.15, 0.2) is 24.3 Å². The largest absolute Gasteiger partial charge is 0.496 e. The molecule has 1 aliphatic carbocycles. The Morgan fingerprint density at radius 3 is 2.70 bits per heavy atom. The van der Waals surface area contributed by atoms with Crippen molar-refractivity contribution < 1.29 is 4.74 Å². The maximum atomic E-state index is 5.52. The lowest BCUT2D eigenvalue weighted by atomic mass is 9.71. The molecule has 1 N–H and O–H groups in total.